The van der Waals surface area contributed by atoms with E-state index in [4.69, 9.17) is 15.9 Å². The summed E-state index contributed by atoms with van der Waals surface area (Å²) >= 11 is 0. The van der Waals surface area contributed by atoms with E-state index >= 15 is 0 Å². The van der Waals surface area contributed by atoms with Gasteiger partial charge in [0.15, 0.2) is 0 Å². The molecule has 1 atom stereocenters. The zero-order chi connectivity index (χ0) is 9.84. The second-order valence-electron chi connectivity index (χ2n) is 2.62. The van der Waals surface area contributed by atoms with Crippen molar-refractivity contribution in [3.63, 3.8) is 0 Å². The van der Waals surface area contributed by atoms with Crippen molar-refractivity contribution in [3.8, 4) is 0 Å². The summed E-state index contributed by atoms with van der Waals surface area (Å²) in [5.41, 5.74) is 10.9. The molecule has 0 amide bonds. The van der Waals surface area contributed by atoms with E-state index in [0.717, 1.165) is 0 Å². The summed E-state index contributed by atoms with van der Waals surface area (Å²) in [7, 11) is 0. The summed E-state index contributed by atoms with van der Waals surface area (Å²) in [6.07, 6.45) is 0.546. The Bertz CT molecular complexity index is 297. The molecule has 13 heavy (non-hydrogen) atoms. The van der Waals surface area contributed by atoms with Crippen LogP contribution in [0.3, 0.4) is 0 Å². The van der Waals surface area contributed by atoms with Gasteiger partial charge in [0.1, 0.15) is 10.7 Å². The highest BCUT2D eigenvalue weighted by Gasteiger charge is 2.15. The van der Waals surface area contributed by atoms with E-state index in [1.165, 1.54) is 12.1 Å². The monoisotopic (exact) mass is 185 g/mol. The van der Waals surface area contributed by atoms with E-state index in [1.807, 2.05) is 0 Å². The molecule has 0 saturated carbocycles. The van der Waals surface area contributed by atoms with Crippen molar-refractivity contribution < 1.29 is 9.34 Å². The predicted molar refractivity (Wildman–Crippen MR) is 46.0 cm³/mol. The minimum absolute atomic E-state index is 0.289. The summed E-state index contributed by atoms with van der Waals surface area (Å²) in [5.74, 6) is 0.111. The molecule has 1 heterocycles. The van der Waals surface area contributed by atoms with Gasteiger partial charge in [0.25, 0.3) is 0 Å². The van der Waals surface area contributed by atoms with Crippen LogP contribution in [-0.2, 0) is 0 Å². The summed E-state index contributed by atoms with van der Waals surface area (Å²) in [6.45, 7) is 0.426. The molecular weight excluding hydrogens is 174 g/mol. The Labute approximate surface area is 74.7 Å². The van der Waals surface area contributed by atoms with Crippen molar-refractivity contribution in [2.45, 2.75) is 12.5 Å². The van der Waals surface area contributed by atoms with Gasteiger partial charge in [0.05, 0.1) is 12.1 Å². The van der Waals surface area contributed by atoms with Gasteiger partial charge in [-0.1, -0.05) is 0 Å². The van der Waals surface area contributed by atoms with Crippen molar-refractivity contribution >= 4 is 5.88 Å². The Morgan fingerprint density at radius 2 is 2.31 bits per heavy atom. The average Bonchev–Trinajstić information content (AvgIpc) is 2.52. The molecule has 0 aliphatic rings. The van der Waals surface area contributed by atoms with Crippen LogP contribution in [0.4, 0.5) is 5.88 Å². The fourth-order valence-corrected chi connectivity index (χ4v) is 0.961. The maximum atomic E-state index is 10.2. The molecule has 0 bridgehead atoms. The number of nitro groups is 1. The van der Waals surface area contributed by atoms with Gasteiger partial charge < -0.3 is 15.9 Å². The zero-order valence-electron chi connectivity index (χ0n) is 6.97. The molecule has 1 aromatic rings. The molecule has 0 aromatic carbocycles. The Balaban J connectivity index is 2.73. The number of furan rings is 1. The van der Waals surface area contributed by atoms with Gasteiger partial charge in [-0.05, 0) is 19.0 Å². The van der Waals surface area contributed by atoms with Gasteiger partial charge in [-0.2, -0.15) is 0 Å². The Morgan fingerprint density at radius 1 is 1.62 bits per heavy atom. The van der Waals surface area contributed by atoms with Crippen molar-refractivity contribution in [2.75, 3.05) is 6.54 Å². The molecule has 6 nitrogen and oxygen atoms in total. The average molecular weight is 185 g/mol. The Hall–Kier alpha value is -1.40. The summed E-state index contributed by atoms with van der Waals surface area (Å²) in [4.78, 5) is 9.64. The lowest BCUT2D eigenvalue weighted by molar-refractivity contribution is -0.402. The molecule has 0 fully saturated rings. The fraction of sp³-hybridized carbons (Fsp3) is 0.429. The quantitative estimate of drug-likeness (QED) is 0.525. The van der Waals surface area contributed by atoms with Crippen LogP contribution in [0.15, 0.2) is 16.5 Å². The van der Waals surface area contributed by atoms with Crippen molar-refractivity contribution in [2.24, 2.45) is 11.5 Å². The molecule has 4 N–H and O–H groups in total. The van der Waals surface area contributed by atoms with Gasteiger partial charge >= 0.3 is 5.88 Å². The first-order valence-electron chi connectivity index (χ1n) is 3.85. The lowest BCUT2D eigenvalue weighted by Gasteiger charge is -2.04. The molecule has 0 saturated heterocycles. The van der Waals surface area contributed by atoms with E-state index in [-0.39, 0.29) is 11.9 Å². The molecule has 0 aliphatic carbocycles. The topological polar surface area (TPSA) is 108 Å². The lowest BCUT2D eigenvalue weighted by Crippen LogP contribution is -2.14. The maximum Gasteiger partial charge on any atom is 0.433 e. The van der Waals surface area contributed by atoms with Gasteiger partial charge in [-0.15, -0.1) is 0 Å². The first kappa shape index (κ1) is 9.69. The molecule has 0 spiro atoms. The maximum absolute atomic E-state index is 10.2. The molecule has 1 rings (SSSR count). The number of nitrogens with zero attached hydrogens (tertiary/aromatic N) is 1. The molecule has 0 aliphatic heterocycles. The highest BCUT2D eigenvalue weighted by atomic mass is 16.6. The van der Waals surface area contributed by atoms with Crippen LogP contribution in [-0.4, -0.2) is 11.5 Å². The first-order chi connectivity index (χ1) is 6.15. The molecular formula is C7H11N3O3. The van der Waals surface area contributed by atoms with E-state index in [0.29, 0.717) is 18.7 Å². The fourth-order valence-electron chi connectivity index (χ4n) is 0.961. The van der Waals surface area contributed by atoms with Crippen LogP contribution in [0.25, 0.3) is 0 Å². The van der Waals surface area contributed by atoms with Crippen molar-refractivity contribution in [1.82, 2.24) is 0 Å². The van der Waals surface area contributed by atoms with Crippen LogP contribution < -0.4 is 11.5 Å². The predicted octanol–water partition coefficient (Wildman–Crippen LogP) is 0.536. The standard InChI is InChI=1S/C7H11N3O3/c8-4-3-5(9)6-1-2-7(13-6)10(11)12/h1-2,5H,3-4,8-9H2/t5-/m1/s1. The van der Waals surface area contributed by atoms with Crippen LogP contribution in [0.1, 0.15) is 18.2 Å². The number of hydrogen-bond acceptors (Lipinski definition) is 5. The molecule has 0 radical (unpaired) electrons. The third-order valence-corrected chi connectivity index (χ3v) is 1.64. The van der Waals surface area contributed by atoms with Crippen molar-refractivity contribution in [3.05, 3.63) is 28.0 Å². The summed E-state index contributed by atoms with van der Waals surface area (Å²) < 4.78 is 4.88. The van der Waals surface area contributed by atoms with Crippen LogP contribution >= 0.6 is 0 Å². The SMILES string of the molecule is NCC[C@@H](N)c1ccc([N+](=O)[O-])o1. The zero-order valence-corrected chi connectivity index (χ0v) is 6.97. The van der Waals surface area contributed by atoms with Gasteiger partial charge in [-0.25, -0.2) is 0 Å². The molecule has 0 unspecified atom stereocenters. The second-order valence-corrected chi connectivity index (χ2v) is 2.62. The third-order valence-electron chi connectivity index (χ3n) is 1.64. The van der Waals surface area contributed by atoms with Crippen LogP contribution in [0.2, 0.25) is 0 Å². The highest BCUT2D eigenvalue weighted by molar-refractivity contribution is 5.19. The van der Waals surface area contributed by atoms with Gasteiger partial charge in [0.2, 0.25) is 0 Å². The molecule has 72 valence electrons. The van der Waals surface area contributed by atoms with E-state index in [9.17, 15) is 10.1 Å². The molecule has 6 heteroatoms. The normalized spacial score (nSPS) is 12.8. The highest BCUT2D eigenvalue weighted by Crippen LogP contribution is 2.21. The summed E-state index contributed by atoms with van der Waals surface area (Å²) in [5, 5.41) is 10.2. The van der Waals surface area contributed by atoms with Gasteiger partial charge in [-0.3, -0.25) is 10.1 Å². The number of rotatable bonds is 4. The lowest BCUT2D eigenvalue weighted by atomic mass is 10.2. The van der Waals surface area contributed by atoms with E-state index in [2.05, 4.69) is 0 Å². The summed E-state index contributed by atoms with van der Waals surface area (Å²) in [6, 6.07) is 2.42. The number of hydrogen-bond donors (Lipinski definition) is 2. The van der Waals surface area contributed by atoms with E-state index < -0.39 is 4.92 Å². The minimum Gasteiger partial charge on any atom is -0.404 e. The Kier molecular flexibility index (Phi) is 2.99. The van der Waals surface area contributed by atoms with E-state index in [1.54, 1.807) is 0 Å². The minimum atomic E-state index is -0.599. The van der Waals surface area contributed by atoms with Gasteiger partial charge in [0, 0.05) is 0 Å². The molecule has 1 aromatic heterocycles. The number of nitrogens with two attached hydrogens (primary N) is 2. The largest absolute Gasteiger partial charge is 0.433 e. The second kappa shape index (κ2) is 4.01. The van der Waals surface area contributed by atoms with Crippen molar-refractivity contribution in [1.29, 1.82) is 0 Å². The van der Waals surface area contributed by atoms with Crippen LogP contribution in [0.5, 0.6) is 0 Å². The third kappa shape index (κ3) is 2.27. The Morgan fingerprint density at radius 3 is 2.77 bits per heavy atom. The van der Waals surface area contributed by atoms with Crippen LogP contribution in [0, 0.1) is 10.1 Å². The first-order valence-corrected chi connectivity index (χ1v) is 3.85. The smallest absolute Gasteiger partial charge is 0.404 e.